The smallest absolute Gasteiger partial charge is 0.333 e. The van der Waals surface area contributed by atoms with Gasteiger partial charge in [-0.1, -0.05) is 0 Å². The van der Waals surface area contributed by atoms with Gasteiger partial charge in [-0.25, -0.2) is 4.79 Å². The summed E-state index contributed by atoms with van der Waals surface area (Å²) in [4.78, 5) is 10.8. The van der Waals surface area contributed by atoms with Gasteiger partial charge in [-0.05, 0) is 28.9 Å². The third-order valence-corrected chi connectivity index (χ3v) is 1.51. The summed E-state index contributed by atoms with van der Waals surface area (Å²) in [6, 6.07) is 0. The number of hydrogen-bond donors (Lipinski definition) is 1. The first-order valence-corrected chi connectivity index (χ1v) is 3.75. The number of halogens is 1. The molecule has 0 atom stereocenters. The lowest BCUT2D eigenvalue weighted by molar-refractivity contribution is -0.136. The molecule has 0 bridgehead atoms. The molecule has 2 N–H and O–H groups in total. The van der Waals surface area contributed by atoms with Gasteiger partial charge >= 0.3 is 5.97 Å². The maximum atomic E-state index is 10.8. The molecule has 0 spiro atoms. The highest BCUT2D eigenvalue weighted by molar-refractivity contribution is 9.11. The number of carbonyl (C=O) groups is 1. The summed E-state index contributed by atoms with van der Waals surface area (Å²) in [5.74, 6) is -0.358. The third-order valence-electron chi connectivity index (χ3n) is 1.02. The zero-order valence-electron chi connectivity index (χ0n) is 6.43. The van der Waals surface area contributed by atoms with Crippen LogP contribution in [0.4, 0.5) is 0 Å². The summed E-state index contributed by atoms with van der Waals surface area (Å²) in [7, 11) is 1.33. The van der Waals surface area contributed by atoms with Crippen LogP contribution >= 0.6 is 15.9 Å². The SMILES string of the molecule is COC(=O)/C(C)=C/C(Br)=C\N. The molecule has 0 rings (SSSR count). The van der Waals surface area contributed by atoms with Crippen molar-refractivity contribution < 1.29 is 9.53 Å². The Morgan fingerprint density at radius 2 is 2.18 bits per heavy atom. The monoisotopic (exact) mass is 219 g/mol. The average Bonchev–Trinajstić information content (AvgIpc) is 2.02. The first-order chi connectivity index (χ1) is 5.11. The highest BCUT2D eigenvalue weighted by Crippen LogP contribution is 2.08. The molecule has 62 valence electrons. The Hall–Kier alpha value is -0.770. The van der Waals surface area contributed by atoms with Crippen LogP contribution in [0.15, 0.2) is 22.3 Å². The van der Waals surface area contributed by atoms with E-state index in [1.165, 1.54) is 13.3 Å². The van der Waals surface area contributed by atoms with Crippen molar-refractivity contribution in [2.75, 3.05) is 7.11 Å². The standard InChI is InChI=1S/C7H10BrNO2/c1-5(7(10)11-2)3-6(8)4-9/h3-4H,9H2,1-2H3/b5-3+,6-4+. The molecule has 0 amide bonds. The summed E-state index contributed by atoms with van der Waals surface area (Å²) in [6.45, 7) is 1.65. The van der Waals surface area contributed by atoms with Gasteiger partial charge in [0, 0.05) is 16.3 Å². The van der Waals surface area contributed by atoms with Crippen molar-refractivity contribution >= 4 is 21.9 Å². The molecule has 0 saturated heterocycles. The number of carbonyl (C=O) groups excluding carboxylic acids is 1. The van der Waals surface area contributed by atoms with Crippen LogP contribution in [0.3, 0.4) is 0 Å². The molecule has 0 aromatic rings. The molecule has 0 unspecified atom stereocenters. The van der Waals surface area contributed by atoms with Crippen LogP contribution in [0, 0.1) is 0 Å². The van der Waals surface area contributed by atoms with Crippen molar-refractivity contribution in [2.24, 2.45) is 5.73 Å². The van der Waals surface area contributed by atoms with Crippen molar-refractivity contribution in [2.45, 2.75) is 6.92 Å². The van der Waals surface area contributed by atoms with E-state index in [2.05, 4.69) is 20.7 Å². The van der Waals surface area contributed by atoms with Gasteiger partial charge in [0.05, 0.1) is 7.11 Å². The Morgan fingerprint density at radius 3 is 2.55 bits per heavy atom. The van der Waals surface area contributed by atoms with E-state index in [-0.39, 0.29) is 5.97 Å². The van der Waals surface area contributed by atoms with Crippen LogP contribution in [-0.4, -0.2) is 13.1 Å². The molecule has 4 heteroatoms. The van der Waals surface area contributed by atoms with Crippen LogP contribution in [0.25, 0.3) is 0 Å². The van der Waals surface area contributed by atoms with Gasteiger partial charge < -0.3 is 10.5 Å². The Morgan fingerprint density at radius 1 is 1.64 bits per heavy atom. The van der Waals surface area contributed by atoms with Crippen LogP contribution in [0.5, 0.6) is 0 Å². The van der Waals surface area contributed by atoms with Gasteiger partial charge in [0.2, 0.25) is 0 Å². The molecule has 0 aromatic carbocycles. The first-order valence-electron chi connectivity index (χ1n) is 2.95. The van der Waals surface area contributed by atoms with E-state index in [0.717, 1.165) is 0 Å². The molecule has 0 aliphatic heterocycles. The lowest BCUT2D eigenvalue weighted by Gasteiger charge is -1.96. The minimum atomic E-state index is -0.358. The maximum absolute atomic E-state index is 10.8. The van der Waals surface area contributed by atoms with Gasteiger partial charge in [0.15, 0.2) is 0 Å². The van der Waals surface area contributed by atoms with Crippen LogP contribution in [-0.2, 0) is 9.53 Å². The third kappa shape index (κ3) is 3.83. The fourth-order valence-corrected chi connectivity index (χ4v) is 0.818. The summed E-state index contributed by atoms with van der Waals surface area (Å²) < 4.78 is 5.11. The van der Waals surface area contributed by atoms with Crippen molar-refractivity contribution in [1.29, 1.82) is 0 Å². The molecule has 0 aliphatic rings. The maximum Gasteiger partial charge on any atom is 0.333 e. The van der Waals surface area contributed by atoms with E-state index in [4.69, 9.17) is 5.73 Å². The number of ether oxygens (including phenoxy) is 1. The number of esters is 1. The summed E-state index contributed by atoms with van der Waals surface area (Å²) >= 11 is 3.13. The quantitative estimate of drug-likeness (QED) is 0.433. The Bertz CT molecular complexity index is 208. The second kappa shape index (κ2) is 4.96. The van der Waals surface area contributed by atoms with E-state index < -0.39 is 0 Å². The highest BCUT2D eigenvalue weighted by Gasteiger charge is 2.01. The van der Waals surface area contributed by atoms with Gasteiger partial charge in [-0.2, -0.15) is 0 Å². The highest BCUT2D eigenvalue weighted by atomic mass is 79.9. The number of allylic oxidation sites excluding steroid dienone is 2. The first kappa shape index (κ1) is 10.2. The average molecular weight is 220 g/mol. The normalized spacial score (nSPS) is 13.0. The van der Waals surface area contributed by atoms with E-state index in [1.807, 2.05) is 0 Å². The predicted molar refractivity (Wildman–Crippen MR) is 47.0 cm³/mol. The molecule has 0 heterocycles. The van der Waals surface area contributed by atoms with Gasteiger partial charge in [-0.15, -0.1) is 0 Å². The summed E-state index contributed by atoms with van der Waals surface area (Å²) in [6.07, 6.45) is 2.94. The fourth-order valence-electron chi connectivity index (χ4n) is 0.475. The zero-order chi connectivity index (χ0) is 8.85. The van der Waals surface area contributed by atoms with Crippen molar-refractivity contribution in [3.8, 4) is 0 Å². The number of nitrogens with two attached hydrogens (primary N) is 1. The van der Waals surface area contributed by atoms with Gasteiger partial charge in [0.1, 0.15) is 0 Å². The minimum absolute atomic E-state index is 0.358. The Kier molecular flexibility index (Phi) is 4.61. The van der Waals surface area contributed by atoms with E-state index >= 15 is 0 Å². The number of hydrogen-bond acceptors (Lipinski definition) is 3. The second-order valence-corrected chi connectivity index (χ2v) is 2.79. The van der Waals surface area contributed by atoms with Crippen molar-refractivity contribution in [1.82, 2.24) is 0 Å². The molecular weight excluding hydrogens is 210 g/mol. The van der Waals surface area contributed by atoms with Crippen molar-refractivity contribution in [3.63, 3.8) is 0 Å². The number of methoxy groups -OCH3 is 1. The van der Waals surface area contributed by atoms with Crippen molar-refractivity contribution in [3.05, 3.63) is 22.3 Å². The molecule has 0 radical (unpaired) electrons. The molecule has 0 aromatic heterocycles. The van der Waals surface area contributed by atoms with Crippen LogP contribution in [0.1, 0.15) is 6.92 Å². The van der Waals surface area contributed by atoms with Gasteiger partial charge in [0.25, 0.3) is 0 Å². The lowest BCUT2D eigenvalue weighted by atomic mass is 10.3. The van der Waals surface area contributed by atoms with Crippen LogP contribution in [0.2, 0.25) is 0 Å². The van der Waals surface area contributed by atoms with E-state index in [1.54, 1.807) is 13.0 Å². The minimum Gasteiger partial charge on any atom is -0.466 e. The fraction of sp³-hybridized carbons (Fsp3) is 0.286. The molecule has 0 aliphatic carbocycles. The second-order valence-electron chi connectivity index (χ2n) is 1.87. The summed E-state index contributed by atoms with van der Waals surface area (Å²) in [5, 5.41) is 0. The number of rotatable bonds is 2. The lowest BCUT2D eigenvalue weighted by Crippen LogP contribution is -2.01. The Balaban J connectivity index is 4.34. The van der Waals surface area contributed by atoms with Gasteiger partial charge in [-0.3, -0.25) is 0 Å². The molecule has 0 saturated carbocycles. The summed E-state index contributed by atoms with van der Waals surface area (Å²) in [5.41, 5.74) is 5.66. The molecule has 0 fully saturated rings. The van der Waals surface area contributed by atoms with E-state index in [0.29, 0.717) is 10.1 Å². The topological polar surface area (TPSA) is 52.3 Å². The predicted octanol–water partition coefficient (Wildman–Crippen LogP) is 1.30. The molecule has 11 heavy (non-hydrogen) atoms. The van der Waals surface area contributed by atoms with E-state index in [9.17, 15) is 4.79 Å². The molecular formula is C7H10BrNO2. The zero-order valence-corrected chi connectivity index (χ0v) is 8.01. The molecule has 3 nitrogen and oxygen atoms in total. The largest absolute Gasteiger partial charge is 0.466 e. The Labute approximate surface area is 74.0 Å². The van der Waals surface area contributed by atoms with Crippen LogP contribution < -0.4 is 5.73 Å².